The minimum atomic E-state index is 1.00. The van der Waals surface area contributed by atoms with Gasteiger partial charge < -0.3 is 0 Å². The molecule has 0 aliphatic carbocycles. The molecule has 0 aromatic carbocycles. The largest absolute Gasteiger partial charge is 0.276 e. The zero-order valence-corrected chi connectivity index (χ0v) is 6.25. The highest BCUT2D eigenvalue weighted by Crippen LogP contribution is 1.98. The molecule has 0 aliphatic heterocycles. The molecule has 54 valence electrons. The SMILES string of the molecule is C=CCCc1ccn(C)n1. The Balaban J connectivity index is 2.49. The van der Waals surface area contributed by atoms with Gasteiger partial charge in [-0.05, 0) is 18.9 Å². The lowest BCUT2D eigenvalue weighted by Crippen LogP contribution is -1.90. The van der Waals surface area contributed by atoms with E-state index in [2.05, 4.69) is 11.7 Å². The van der Waals surface area contributed by atoms with E-state index in [0.29, 0.717) is 0 Å². The standard InChI is InChI=1S/C8H12N2/c1-3-4-5-8-6-7-10(2)9-8/h3,6-7H,1,4-5H2,2H3. The van der Waals surface area contributed by atoms with E-state index in [9.17, 15) is 0 Å². The zero-order valence-electron chi connectivity index (χ0n) is 6.25. The molecule has 2 nitrogen and oxygen atoms in total. The van der Waals surface area contributed by atoms with Crippen molar-refractivity contribution in [1.82, 2.24) is 9.78 Å². The highest BCUT2D eigenvalue weighted by molar-refractivity contribution is 4.99. The predicted octanol–water partition coefficient (Wildman–Crippen LogP) is 1.54. The smallest absolute Gasteiger partial charge is 0.0627 e. The van der Waals surface area contributed by atoms with Gasteiger partial charge >= 0.3 is 0 Å². The van der Waals surface area contributed by atoms with E-state index in [1.165, 1.54) is 0 Å². The summed E-state index contributed by atoms with van der Waals surface area (Å²) in [5.41, 5.74) is 1.14. The Hall–Kier alpha value is -1.05. The fourth-order valence-electron chi connectivity index (χ4n) is 0.846. The number of hydrogen-bond acceptors (Lipinski definition) is 1. The molecule has 10 heavy (non-hydrogen) atoms. The molecule has 0 aliphatic rings. The quantitative estimate of drug-likeness (QED) is 0.576. The van der Waals surface area contributed by atoms with Crippen molar-refractivity contribution in [3.05, 3.63) is 30.6 Å². The molecule has 0 fully saturated rings. The summed E-state index contributed by atoms with van der Waals surface area (Å²) < 4.78 is 1.82. The first-order valence-corrected chi connectivity index (χ1v) is 3.42. The van der Waals surface area contributed by atoms with Crippen LogP contribution in [0.4, 0.5) is 0 Å². The molecule has 0 N–H and O–H groups in total. The minimum Gasteiger partial charge on any atom is -0.276 e. The highest BCUT2D eigenvalue weighted by atomic mass is 15.2. The van der Waals surface area contributed by atoms with Crippen molar-refractivity contribution in [3.63, 3.8) is 0 Å². The van der Waals surface area contributed by atoms with Crippen LogP contribution in [-0.2, 0) is 13.5 Å². The lowest BCUT2D eigenvalue weighted by molar-refractivity contribution is 0.739. The Morgan fingerprint density at radius 2 is 2.60 bits per heavy atom. The van der Waals surface area contributed by atoms with Crippen molar-refractivity contribution in [2.24, 2.45) is 7.05 Å². The maximum absolute atomic E-state index is 4.22. The van der Waals surface area contributed by atoms with Crippen LogP contribution in [0.3, 0.4) is 0 Å². The summed E-state index contributed by atoms with van der Waals surface area (Å²) in [4.78, 5) is 0. The van der Waals surface area contributed by atoms with Crippen LogP contribution in [0.15, 0.2) is 24.9 Å². The fraction of sp³-hybridized carbons (Fsp3) is 0.375. The Kier molecular flexibility index (Phi) is 2.26. The van der Waals surface area contributed by atoms with Crippen LogP contribution in [0.2, 0.25) is 0 Å². The van der Waals surface area contributed by atoms with Gasteiger partial charge in [-0.1, -0.05) is 6.08 Å². The molecule has 0 saturated heterocycles. The van der Waals surface area contributed by atoms with Crippen molar-refractivity contribution in [2.45, 2.75) is 12.8 Å². The summed E-state index contributed by atoms with van der Waals surface area (Å²) in [5, 5.41) is 4.22. The first kappa shape index (κ1) is 7.06. The van der Waals surface area contributed by atoms with Gasteiger partial charge in [-0.3, -0.25) is 4.68 Å². The number of allylic oxidation sites excluding steroid dienone is 1. The van der Waals surface area contributed by atoms with E-state index < -0.39 is 0 Å². The monoisotopic (exact) mass is 136 g/mol. The topological polar surface area (TPSA) is 17.8 Å². The number of hydrogen-bond donors (Lipinski definition) is 0. The van der Waals surface area contributed by atoms with Gasteiger partial charge in [-0.15, -0.1) is 6.58 Å². The molecule has 1 aromatic rings. The maximum atomic E-state index is 4.22. The van der Waals surface area contributed by atoms with E-state index >= 15 is 0 Å². The van der Waals surface area contributed by atoms with Crippen LogP contribution in [0.5, 0.6) is 0 Å². The van der Waals surface area contributed by atoms with E-state index in [-0.39, 0.29) is 0 Å². The summed E-state index contributed by atoms with van der Waals surface area (Å²) in [5.74, 6) is 0. The summed E-state index contributed by atoms with van der Waals surface area (Å²) in [7, 11) is 1.93. The summed E-state index contributed by atoms with van der Waals surface area (Å²) in [6, 6.07) is 2.03. The molecule has 1 aromatic heterocycles. The molecule has 0 amide bonds. The second kappa shape index (κ2) is 3.20. The van der Waals surface area contributed by atoms with Crippen LogP contribution < -0.4 is 0 Å². The number of aryl methyl sites for hydroxylation is 2. The molecule has 0 bridgehead atoms. The van der Waals surface area contributed by atoms with Crippen molar-refractivity contribution in [1.29, 1.82) is 0 Å². The van der Waals surface area contributed by atoms with Gasteiger partial charge in [-0.25, -0.2) is 0 Å². The minimum absolute atomic E-state index is 1.00. The second-order valence-electron chi connectivity index (χ2n) is 2.31. The van der Waals surface area contributed by atoms with Gasteiger partial charge in [0.15, 0.2) is 0 Å². The van der Waals surface area contributed by atoms with Crippen molar-refractivity contribution < 1.29 is 0 Å². The van der Waals surface area contributed by atoms with Gasteiger partial charge in [-0.2, -0.15) is 5.10 Å². The van der Waals surface area contributed by atoms with Gasteiger partial charge in [0, 0.05) is 13.2 Å². The molecular weight excluding hydrogens is 124 g/mol. The molecule has 0 spiro atoms. The van der Waals surface area contributed by atoms with E-state index in [0.717, 1.165) is 18.5 Å². The Labute approximate surface area is 61.2 Å². The first-order valence-electron chi connectivity index (χ1n) is 3.42. The highest BCUT2D eigenvalue weighted by Gasteiger charge is 1.92. The molecule has 0 atom stereocenters. The normalized spacial score (nSPS) is 9.70. The Bertz CT molecular complexity index is 213. The van der Waals surface area contributed by atoms with Gasteiger partial charge in [0.25, 0.3) is 0 Å². The maximum Gasteiger partial charge on any atom is 0.0627 e. The molecule has 2 heteroatoms. The second-order valence-corrected chi connectivity index (χ2v) is 2.31. The van der Waals surface area contributed by atoms with Crippen LogP contribution in [0.25, 0.3) is 0 Å². The summed E-state index contributed by atoms with van der Waals surface area (Å²) in [6.07, 6.45) is 5.88. The van der Waals surface area contributed by atoms with Crippen LogP contribution >= 0.6 is 0 Å². The molecule has 0 radical (unpaired) electrons. The van der Waals surface area contributed by atoms with Crippen molar-refractivity contribution in [2.75, 3.05) is 0 Å². The number of rotatable bonds is 3. The summed E-state index contributed by atoms with van der Waals surface area (Å²) >= 11 is 0. The first-order chi connectivity index (χ1) is 4.83. The average Bonchev–Trinajstić information content (AvgIpc) is 2.31. The van der Waals surface area contributed by atoms with Crippen molar-refractivity contribution >= 4 is 0 Å². The summed E-state index contributed by atoms with van der Waals surface area (Å²) in [6.45, 7) is 3.65. The van der Waals surface area contributed by atoms with Gasteiger partial charge in [0.1, 0.15) is 0 Å². The Morgan fingerprint density at radius 1 is 1.80 bits per heavy atom. The zero-order chi connectivity index (χ0) is 7.40. The third kappa shape index (κ3) is 1.72. The van der Waals surface area contributed by atoms with Gasteiger partial charge in [0.05, 0.1) is 5.69 Å². The van der Waals surface area contributed by atoms with Crippen molar-refractivity contribution in [3.8, 4) is 0 Å². The lowest BCUT2D eigenvalue weighted by Gasteiger charge is -1.88. The van der Waals surface area contributed by atoms with E-state index in [1.807, 2.05) is 30.1 Å². The fourth-order valence-corrected chi connectivity index (χ4v) is 0.846. The van der Waals surface area contributed by atoms with E-state index in [4.69, 9.17) is 0 Å². The predicted molar refractivity (Wildman–Crippen MR) is 41.7 cm³/mol. The average molecular weight is 136 g/mol. The molecule has 0 saturated carbocycles. The Morgan fingerprint density at radius 3 is 3.10 bits per heavy atom. The molecule has 0 unspecified atom stereocenters. The number of nitrogens with zero attached hydrogens (tertiary/aromatic N) is 2. The third-order valence-electron chi connectivity index (χ3n) is 1.37. The molecule has 1 rings (SSSR count). The van der Waals surface area contributed by atoms with E-state index in [1.54, 1.807) is 0 Å². The molecular formula is C8H12N2. The van der Waals surface area contributed by atoms with Crippen LogP contribution in [0, 0.1) is 0 Å². The third-order valence-corrected chi connectivity index (χ3v) is 1.37. The molecule has 1 heterocycles. The lowest BCUT2D eigenvalue weighted by atomic mass is 10.2. The number of aromatic nitrogens is 2. The van der Waals surface area contributed by atoms with Crippen LogP contribution in [0.1, 0.15) is 12.1 Å². The van der Waals surface area contributed by atoms with Gasteiger partial charge in [0.2, 0.25) is 0 Å². The van der Waals surface area contributed by atoms with Crippen LogP contribution in [-0.4, -0.2) is 9.78 Å².